The van der Waals surface area contributed by atoms with Crippen LogP contribution >= 0.6 is 11.8 Å². The maximum Gasteiger partial charge on any atom is 0.0348 e. The lowest BCUT2D eigenvalue weighted by Gasteiger charge is -1.94. The third kappa shape index (κ3) is 7.66. The van der Waals surface area contributed by atoms with E-state index in [0.29, 0.717) is 6.54 Å². The third-order valence-electron chi connectivity index (χ3n) is 1.04. The van der Waals surface area contributed by atoms with Gasteiger partial charge >= 0.3 is 0 Å². The molecule has 58 valence electrons. The first-order chi connectivity index (χ1) is 4.91. The van der Waals surface area contributed by atoms with Gasteiger partial charge in [-0.25, -0.2) is 0 Å². The molecule has 3 nitrogen and oxygen atoms in total. The highest BCUT2D eigenvalue weighted by Crippen LogP contribution is 2.03. The van der Waals surface area contributed by atoms with Crippen LogP contribution in [0.3, 0.4) is 0 Å². The van der Waals surface area contributed by atoms with Crippen molar-refractivity contribution in [2.45, 2.75) is 19.8 Å². The van der Waals surface area contributed by atoms with E-state index >= 15 is 0 Å². The lowest BCUT2D eigenvalue weighted by molar-refractivity contribution is 0.895. The third-order valence-corrected chi connectivity index (χ3v) is 2.09. The summed E-state index contributed by atoms with van der Waals surface area (Å²) >= 11 is 1.85. The Balaban J connectivity index is 2.83. The van der Waals surface area contributed by atoms with Gasteiger partial charge in [-0.1, -0.05) is 18.5 Å². The van der Waals surface area contributed by atoms with Gasteiger partial charge in [-0.15, -0.1) is 0 Å². The van der Waals surface area contributed by atoms with Crippen molar-refractivity contribution in [3.05, 3.63) is 10.4 Å². The minimum atomic E-state index is 0.630. The second-order valence-electron chi connectivity index (χ2n) is 1.92. The van der Waals surface area contributed by atoms with Crippen LogP contribution in [-0.2, 0) is 0 Å². The molecule has 0 spiro atoms. The van der Waals surface area contributed by atoms with E-state index in [9.17, 15) is 0 Å². The highest BCUT2D eigenvalue weighted by Gasteiger charge is 1.85. The van der Waals surface area contributed by atoms with Gasteiger partial charge in [0.2, 0.25) is 0 Å². The Hall–Kier alpha value is -0.340. The zero-order valence-corrected chi connectivity index (χ0v) is 7.10. The smallest absolute Gasteiger partial charge is 0.0348 e. The van der Waals surface area contributed by atoms with Crippen molar-refractivity contribution < 1.29 is 0 Å². The van der Waals surface area contributed by atoms with Crippen molar-refractivity contribution >= 4 is 11.8 Å². The monoisotopic (exact) mass is 159 g/mol. The van der Waals surface area contributed by atoms with Crippen LogP contribution in [-0.4, -0.2) is 18.1 Å². The maximum absolute atomic E-state index is 7.92. The summed E-state index contributed by atoms with van der Waals surface area (Å²) in [6.45, 7) is 2.80. The number of azide groups is 1. The van der Waals surface area contributed by atoms with E-state index in [2.05, 4.69) is 16.9 Å². The van der Waals surface area contributed by atoms with Gasteiger partial charge in [-0.05, 0) is 23.5 Å². The Morgan fingerprint density at radius 3 is 2.90 bits per heavy atom. The zero-order chi connectivity index (χ0) is 7.66. The Morgan fingerprint density at radius 1 is 1.50 bits per heavy atom. The number of rotatable bonds is 6. The zero-order valence-electron chi connectivity index (χ0n) is 6.29. The molecule has 0 N–H and O–H groups in total. The number of hydrogen-bond donors (Lipinski definition) is 0. The lowest BCUT2D eigenvalue weighted by atomic mass is 10.4. The molecule has 0 aromatic heterocycles. The predicted molar refractivity (Wildman–Crippen MR) is 46.2 cm³/mol. The molecule has 0 heterocycles. The normalized spacial score (nSPS) is 8.90. The number of nitrogens with zero attached hydrogens (tertiary/aromatic N) is 3. The van der Waals surface area contributed by atoms with Crippen molar-refractivity contribution in [3.8, 4) is 0 Å². The minimum Gasteiger partial charge on any atom is -0.162 e. The molecule has 0 aliphatic heterocycles. The van der Waals surface area contributed by atoms with Gasteiger partial charge in [0, 0.05) is 11.5 Å². The standard InChI is InChI=1S/C6H13N3S/c1-2-3-5-10-6-4-8-9-7/h2-6H2,1H3. The fourth-order valence-electron chi connectivity index (χ4n) is 0.499. The van der Waals surface area contributed by atoms with Gasteiger partial charge < -0.3 is 0 Å². The molecule has 0 aromatic rings. The fraction of sp³-hybridized carbons (Fsp3) is 1.00. The molecule has 0 atom stereocenters. The van der Waals surface area contributed by atoms with Crippen molar-refractivity contribution in [1.82, 2.24) is 0 Å². The molecule has 0 aromatic carbocycles. The highest BCUT2D eigenvalue weighted by atomic mass is 32.2. The molecule has 0 saturated carbocycles. The van der Waals surface area contributed by atoms with E-state index in [1.807, 2.05) is 11.8 Å². The van der Waals surface area contributed by atoms with Crippen LogP contribution in [0.25, 0.3) is 10.4 Å². The van der Waals surface area contributed by atoms with Crippen LogP contribution in [0, 0.1) is 0 Å². The van der Waals surface area contributed by atoms with Crippen molar-refractivity contribution in [2.75, 3.05) is 18.1 Å². The van der Waals surface area contributed by atoms with Crippen LogP contribution < -0.4 is 0 Å². The largest absolute Gasteiger partial charge is 0.162 e. The molecule has 0 bridgehead atoms. The van der Waals surface area contributed by atoms with E-state index in [-0.39, 0.29) is 0 Å². The van der Waals surface area contributed by atoms with Gasteiger partial charge in [-0.3, -0.25) is 0 Å². The summed E-state index contributed by atoms with van der Waals surface area (Å²) in [4.78, 5) is 2.67. The summed E-state index contributed by atoms with van der Waals surface area (Å²) < 4.78 is 0. The molecule has 0 fully saturated rings. The van der Waals surface area contributed by atoms with Crippen LogP contribution in [0.4, 0.5) is 0 Å². The maximum atomic E-state index is 7.92. The van der Waals surface area contributed by atoms with Crippen molar-refractivity contribution in [2.24, 2.45) is 5.11 Å². The predicted octanol–water partition coefficient (Wildman–Crippen LogP) is 2.83. The average Bonchev–Trinajstić information content (AvgIpc) is 1.97. The minimum absolute atomic E-state index is 0.630. The van der Waals surface area contributed by atoms with Gasteiger partial charge in [0.1, 0.15) is 0 Å². The number of thioether (sulfide) groups is 1. The molecule has 0 aliphatic rings. The summed E-state index contributed by atoms with van der Waals surface area (Å²) in [6, 6.07) is 0. The molecule has 10 heavy (non-hydrogen) atoms. The summed E-state index contributed by atoms with van der Waals surface area (Å²) in [5.41, 5.74) is 7.92. The van der Waals surface area contributed by atoms with Crippen LogP contribution in [0.15, 0.2) is 5.11 Å². The van der Waals surface area contributed by atoms with Crippen molar-refractivity contribution in [3.63, 3.8) is 0 Å². The van der Waals surface area contributed by atoms with Crippen LogP contribution in [0.5, 0.6) is 0 Å². The Morgan fingerprint density at radius 2 is 2.30 bits per heavy atom. The molecule has 0 aliphatic carbocycles. The van der Waals surface area contributed by atoms with Crippen LogP contribution in [0.1, 0.15) is 19.8 Å². The first-order valence-corrected chi connectivity index (χ1v) is 4.66. The quantitative estimate of drug-likeness (QED) is 0.254. The second-order valence-corrected chi connectivity index (χ2v) is 3.15. The fourth-order valence-corrected chi connectivity index (χ4v) is 1.41. The van der Waals surface area contributed by atoms with Gasteiger partial charge in [0.05, 0.1) is 0 Å². The summed E-state index contributed by atoms with van der Waals surface area (Å²) in [5.74, 6) is 2.15. The SMILES string of the molecule is CCCCSCCN=[N+]=[N-]. The van der Waals surface area contributed by atoms with E-state index in [1.54, 1.807) is 0 Å². The van der Waals surface area contributed by atoms with E-state index < -0.39 is 0 Å². The lowest BCUT2D eigenvalue weighted by Crippen LogP contribution is -1.85. The first-order valence-electron chi connectivity index (χ1n) is 3.50. The van der Waals surface area contributed by atoms with Crippen LogP contribution in [0.2, 0.25) is 0 Å². The van der Waals surface area contributed by atoms with E-state index in [1.165, 1.54) is 18.6 Å². The molecule has 0 saturated heterocycles. The first kappa shape index (κ1) is 9.66. The average molecular weight is 159 g/mol. The summed E-state index contributed by atoms with van der Waals surface area (Å²) in [7, 11) is 0. The molecule has 0 rings (SSSR count). The second kappa shape index (κ2) is 8.66. The molecule has 0 radical (unpaired) electrons. The van der Waals surface area contributed by atoms with E-state index in [4.69, 9.17) is 5.53 Å². The summed E-state index contributed by atoms with van der Waals surface area (Å²) in [6.07, 6.45) is 2.51. The van der Waals surface area contributed by atoms with Gasteiger partial charge in [0.15, 0.2) is 0 Å². The Labute approximate surface area is 65.8 Å². The molecule has 4 heteroatoms. The summed E-state index contributed by atoms with van der Waals surface area (Å²) in [5, 5.41) is 3.43. The Bertz CT molecular complexity index is 110. The van der Waals surface area contributed by atoms with Gasteiger partial charge in [0.25, 0.3) is 0 Å². The Kier molecular flexibility index (Phi) is 8.37. The van der Waals surface area contributed by atoms with E-state index in [0.717, 1.165) is 5.75 Å². The molecule has 0 amide bonds. The molecular formula is C6H13N3S. The highest BCUT2D eigenvalue weighted by molar-refractivity contribution is 7.99. The number of unbranched alkanes of at least 4 members (excludes halogenated alkanes) is 1. The number of hydrogen-bond acceptors (Lipinski definition) is 2. The van der Waals surface area contributed by atoms with Gasteiger partial charge in [-0.2, -0.15) is 11.8 Å². The molecular weight excluding hydrogens is 146 g/mol. The van der Waals surface area contributed by atoms with Crippen molar-refractivity contribution in [1.29, 1.82) is 0 Å². The molecule has 0 unspecified atom stereocenters. The topological polar surface area (TPSA) is 48.8 Å².